The summed E-state index contributed by atoms with van der Waals surface area (Å²) in [5.41, 5.74) is 2.73. The third kappa shape index (κ3) is 1.18. The van der Waals surface area contributed by atoms with E-state index in [2.05, 4.69) is 15.5 Å². The number of hydrogen-bond donors (Lipinski definition) is 1. The Morgan fingerprint density at radius 2 is 2.20 bits per heavy atom. The first-order chi connectivity index (χ1) is 7.36. The van der Waals surface area contributed by atoms with Gasteiger partial charge in [-0.2, -0.15) is 10.2 Å². The molecule has 1 N–H and O–H groups in total. The number of anilines is 1. The molecule has 0 bridgehead atoms. The quantitative estimate of drug-likeness (QED) is 0.733. The molecular formula is C11H9N3O. The number of hydrogen-bond acceptors (Lipinski definition) is 3. The van der Waals surface area contributed by atoms with Crippen LogP contribution in [0.15, 0.2) is 34.5 Å². The lowest BCUT2D eigenvalue weighted by molar-refractivity contribution is -0.115. The monoisotopic (exact) mass is 199 g/mol. The third-order valence-corrected chi connectivity index (χ3v) is 2.69. The van der Waals surface area contributed by atoms with Crippen LogP contribution in [0.5, 0.6) is 0 Å². The van der Waals surface area contributed by atoms with E-state index in [1.165, 1.54) is 0 Å². The Bertz CT molecular complexity index is 490. The van der Waals surface area contributed by atoms with Crippen molar-refractivity contribution in [3.05, 3.63) is 29.8 Å². The molecule has 1 unspecified atom stereocenters. The summed E-state index contributed by atoms with van der Waals surface area (Å²) < 4.78 is 0. The van der Waals surface area contributed by atoms with Crippen LogP contribution < -0.4 is 5.32 Å². The van der Waals surface area contributed by atoms with E-state index in [-0.39, 0.29) is 11.8 Å². The number of carbonyl (C=O) groups excluding carboxylic acids is 1. The van der Waals surface area contributed by atoms with Gasteiger partial charge in [0.05, 0.1) is 5.71 Å². The van der Waals surface area contributed by atoms with Crippen molar-refractivity contribution in [2.24, 2.45) is 10.2 Å². The number of fused-ring (bicyclic) bond motifs is 1. The van der Waals surface area contributed by atoms with Crippen LogP contribution in [0.3, 0.4) is 0 Å². The Hall–Kier alpha value is -1.97. The number of benzene rings is 1. The minimum Gasteiger partial charge on any atom is -0.325 e. The van der Waals surface area contributed by atoms with Gasteiger partial charge in [-0.1, -0.05) is 18.2 Å². The van der Waals surface area contributed by atoms with Gasteiger partial charge < -0.3 is 5.32 Å². The largest absolute Gasteiger partial charge is 0.325 e. The van der Waals surface area contributed by atoms with Crippen molar-refractivity contribution in [1.82, 2.24) is 0 Å². The van der Waals surface area contributed by atoms with Crippen molar-refractivity contribution in [3.63, 3.8) is 0 Å². The minimum absolute atomic E-state index is 0.000417. The fourth-order valence-corrected chi connectivity index (χ4v) is 2.01. The van der Waals surface area contributed by atoms with Gasteiger partial charge in [0, 0.05) is 18.3 Å². The first-order valence-corrected chi connectivity index (χ1v) is 4.84. The van der Waals surface area contributed by atoms with Crippen LogP contribution in [-0.2, 0) is 4.79 Å². The Kier molecular flexibility index (Phi) is 1.68. The molecule has 0 spiro atoms. The number of rotatable bonds is 1. The molecule has 1 amide bonds. The van der Waals surface area contributed by atoms with Crippen molar-refractivity contribution in [3.8, 4) is 0 Å². The Morgan fingerprint density at radius 1 is 1.33 bits per heavy atom. The van der Waals surface area contributed by atoms with E-state index in [0.29, 0.717) is 6.42 Å². The third-order valence-electron chi connectivity index (χ3n) is 2.69. The molecule has 1 aromatic rings. The predicted molar refractivity (Wildman–Crippen MR) is 58.4 cm³/mol. The molecule has 2 aliphatic heterocycles. The second-order valence-electron chi connectivity index (χ2n) is 3.60. The molecule has 4 nitrogen and oxygen atoms in total. The summed E-state index contributed by atoms with van der Waals surface area (Å²) in [6, 6.07) is 7.71. The van der Waals surface area contributed by atoms with Crippen molar-refractivity contribution in [1.29, 1.82) is 0 Å². The summed E-state index contributed by atoms with van der Waals surface area (Å²) in [7, 11) is 0. The maximum atomic E-state index is 11.8. The van der Waals surface area contributed by atoms with Gasteiger partial charge in [0.15, 0.2) is 0 Å². The van der Waals surface area contributed by atoms with E-state index in [1.807, 2.05) is 24.3 Å². The molecule has 0 aliphatic carbocycles. The van der Waals surface area contributed by atoms with Crippen LogP contribution in [-0.4, -0.2) is 17.8 Å². The molecule has 74 valence electrons. The number of nitrogens with one attached hydrogen (secondary N) is 1. The SMILES string of the molecule is O=C1Nc2ccccc2C1C1=NN=CC1. The van der Waals surface area contributed by atoms with Crippen molar-refractivity contribution in [2.45, 2.75) is 12.3 Å². The highest BCUT2D eigenvalue weighted by atomic mass is 16.2. The fraction of sp³-hybridized carbons (Fsp3) is 0.182. The number of amides is 1. The van der Waals surface area contributed by atoms with E-state index in [9.17, 15) is 4.79 Å². The van der Waals surface area contributed by atoms with Gasteiger partial charge in [-0.05, 0) is 11.6 Å². The van der Waals surface area contributed by atoms with Crippen molar-refractivity contribution < 1.29 is 4.79 Å². The molecule has 0 saturated carbocycles. The summed E-state index contributed by atoms with van der Waals surface area (Å²) in [6.45, 7) is 0. The molecule has 1 aromatic carbocycles. The summed E-state index contributed by atoms with van der Waals surface area (Å²) in [5, 5.41) is 10.6. The topological polar surface area (TPSA) is 53.8 Å². The zero-order chi connectivity index (χ0) is 10.3. The molecule has 2 heterocycles. The van der Waals surface area contributed by atoms with Crippen molar-refractivity contribution in [2.75, 3.05) is 5.32 Å². The molecule has 4 heteroatoms. The highest BCUT2D eigenvalue weighted by Crippen LogP contribution is 2.34. The summed E-state index contributed by atoms with van der Waals surface area (Å²) in [4.78, 5) is 11.8. The average Bonchev–Trinajstić information content (AvgIpc) is 2.82. The van der Waals surface area contributed by atoms with Gasteiger partial charge in [0.25, 0.3) is 0 Å². The van der Waals surface area contributed by atoms with Crippen molar-refractivity contribution >= 4 is 23.5 Å². The van der Waals surface area contributed by atoms with Crippen LogP contribution in [0.2, 0.25) is 0 Å². The smallest absolute Gasteiger partial charge is 0.237 e. The van der Waals surface area contributed by atoms with Gasteiger partial charge in [0.2, 0.25) is 5.91 Å². The Labute approximate surface area is 86.7 Å². The Morgan fingerprint density at radius 3 is 3.00 bits per heavy atom. The molecule has 3 rings (SSSR count). The van der Waals surface area contributed by atoms with E-state index in [0.717, 1.165) is 17.0 Å². The number of para-hydroxylation sites is 1. The minimum atomic E-state index is -0.247. The lowest BCUT2D eigenvalue weighted by atomic mass is 9.94. The van der Waals surface area contributed by atoms with Gasteiger partial charge in [-0.3, -0.25) is 4.79 Å². The van der Waals surface area contributed by atoms with Gasteiger partial charge in [-0.15, -0.1) is 0 Å². The Balaban J connectivity index is 2.06. The average molecular weight is 199 g/mol. The summed E-state index contributed by atoms with van der Waals surface area (Å²) in [5.74, 6) is -0.246. The first kappa shape index (κ1) is 8.35. The molecule has 15 heavy (non-hydrogen) atoms. The lowest BCUT2D eigenvalue weighted by Crippen LogP contribution is -2.19. The van der Waals surface area contributed by atoms with E-state index < -0.39 is 0 Å². The number of carbonyl (C=O) groups is 1. The zero-order valence-electron chi connectivity index (χ0n) is 7.97. The maximum absolute atomic E-state index is 11.8. The summed E-state index contributed by atoms with van der Waals surface area (Å²) in [6.07, 6.45) is 2.40. The van der Waals surface area contributed by atoms with Gasteiger partial charge >= 0.3 is 0 Å². The molecule has 1 atom stereocenters. The summed E-state index contributed by atoms with van der Waals surface area (Å²) >= 11 is 0. The molecule has 2 aliphatic rings. The maximum Gasteiger partial charge on any atom is 0.237 e. The molecule has 0 fully saturated rings. The van der Waals surface area contributed by atoms with Crippen LogP contribution in [0.4, 0.5) is 5.69 Å². The van der Waals surface area contributed by atoms with Gasteiger partial charge in [0.1, 0.15) is 5.92 Å². The lowest BCUT2D eigenvalue weighted by Gasteiger charge is -2.06. The van der Waals surface area contributed by atoms with Crippen LogP contribution >= 0.6 is 0 Å². The molecule has 0 saturated heterocycles. The molecule has 0 aromatic heterocycles. The second kappa shape index (κ2) is 3.02. The van der Waals surface area contributed by atoms with Gasteiger partial charge in [-0.25, -0.2) is 0 Å². The fourth-order valence-electron chi connectivity index (χ4n) is 2.01. The van der Waals surface area contributed by atoms with Crippen LogP contribution in [0, 0.1) is 0 Å². The second-order valence-corrected chi connectivity index (χ2v) is 3.60. The van der Waals surface area contributed by atoms with Crippen LogP contribution in [0.1, 0.15) is 17.9 Å². The van der Waals surface area contributed by atoms with Crippen LogP contribution in [0.25, 0.3) is 0 Å². The van der Waals surface area contributed by atoms with E-state index in [4.69, 9.17) is 0 Å². The highest BCUT2D eigenvalue weighted by Gasteiger charge is 2.34. The normalized spacial score (nSPS) is 22.5. The van der Waals surface area contributed by atoms with E-state index in [1.54, 1.807) is 6.21 Å². The van der Waals surface area contributed by atoms with E-state index >= 15 is 0 Å². The predicted octanol–water partition coefficient (Wildman–Crippen LogP) is 1.55. The molecular weight excluding hydrogens is 190 g/mol. The first-order valence-electron chi connectivity index (χ1n) is 4.84. The number of nitrogens with zero attached hydrogens (tertiary/aromatic N) is 2. The highest BCUT2D eigenvalue weighted by molar-refractivity contribution is 6.21. The zero-order valence-corrected chi connectivity index (χ0v) is 7.97. The molecule has 0 radical (unpaired) electrons. The standard InChI is InChI=1S/C11H9N3O/c15-11-10(9-5-6-12-14-9)7-3-1-2-4-8(7)13-11/h1-4,6,10H,5H2,(H,13,15).